The number of rotatable bonds is 4. The summed E-state index contributed by atoms with van der Waals surface area (Å²) in [7, 11) is 0. The highest BCUT2D eigenvalue weighted by Gasteiger charge is 2.32. The van der Waals surface area contributed by atoms with Crippen molar-refractivity contribution in [1.29, 1.82) is 0 Å². The molecule has 7 heteroatoms. The van der Waals surface area contributed by atoms with E-state index in [1.54, 1.807) is 6.07 Å². The van der Waals surface area contributed by atoms with Crippen molar-refractivity contribution in [3.05, 3.63) is 34.9 Å². The monoisotopic (exact) mass is 413 g/mol. The molecule has 0 spiro atoms. The van der Waals surface area contributed by atoms with Crippen molar-refractivity contribution in [2.45, 2.75) is 51.1 Å². The first-order valence-electron chi connectivity index (χ1n) is 9.51. The zero-order valence-corrected chi connectivity index (χ0v) is 17.3. The Kier molecular flexibility index (Phi) is 7.95. The normalized spacial score (nSPS) is 25.2. The van der Waals surface area contributed by atoms with Crippen LogP contribution < -0.4 is 5.73 Å². The van der Waals surface area contributed by atoms with Crippen molar-refractivity contribution >= 4 is 35.8 Å². The number of amides is 2. The fourth-order valence-corrected chi connectivity index (χ4v) is 4.36. The minimum absolute atomic E-state index is 0. The van der Waals surface area contributed by atoms with E-state index >= 15 is 0 Å². The zero-order valence-electron chi connectivity index (χ0n) is 15.8. The van der Waals surface area contributed by atoms with Gasteiger partial charge in [0.15, 0.2) is 0 Å². The van der Waals surface area contributed by atoms with Crippen LogP contribution in [0.4, 0.5) is 0 Å². The van der Waals surface area contributed by atoms with Crippen LogP contribution in [-0.2, 0) is 16.0 Å². The molecule has 1 aliphatic carbocycles. The molecule has 1 unspecified atom stereocenters. The van der Waals surface area contributed by atoms with E-state index in [0.29, 0.717) is 43.4 Å². The van der Waals surface area contributed by atoms with Gasteiger partial charge >= 0.3 is 0 Å². The molecule has 1 aromatic carbocycles. The molecule has 1 saturated carbocycles. The highest BCUT2D eigenvalue weighted by atomic mass is 35.5. The molecule has 150 valence electrons. The van der Waals surface area contributed by atoms with Gasteiger partial charge < -0.3 is 15.5 Å². The number of hydrogen-bond acceptors (Lipinski definition) is 3. The Labute approximate surface area is 172 Å². The van der Waals surface area contributed by atoms with Crippen LogP contribution in [0.1, 0.15) is 38.2 Å². The minimum atomic E-state index is 0. The molecule has 3 atom stereocenters. The van der Waals surface area contributed by atoms with Crippen molar-refractivity contribution in [3.8, 4) is 0 Å². The smallest absolute Gasteiger partial charge is 0.227 e. The average molecular weight is 414 g/mol. The summed E-state index contributed by atoms with van der Waals surface area (Å²) < 4.78 is 0. The third-order valence-corrected chi connectivity index (χ3v) is 5.93. The van der Waals surface area contributed by atoms with E-state index in [1.165, 1.54) is 0 Å². The van der Waals surface area contributed by atoms with Crippen LogP contribution >= 0.6 is 24.0 Å². The molecule has 1 saturated heterocycles. The van der Waals surface area contributed by atoms with Crippen molar-refractivity contribution in [3.63, 3.8) is 0 Å². The molecule has 2 fully saturated rings. The van der Waals surface area contributed by atoms with Gasteiger partial charge in [-0.05, 0) is 43.4 Å². The number of carbonyl (C=O) groups excluding carboxylic acids is 2. The Morgan fingerprint density at radius 2 is 2.00 bits per heavy atom. The van der Waals surface area contributed by atoms with Gasteiger partial charge in [0.1, 0.15) is 0 Å². The highest BCUT2D eigenvalue weighted by Crippen LogP contribution is 2.28. The van der Waals surface area contributed by atoms with Gasteiger partial charge in [-0.3, -0.25) is 9.59 Å². The molecule has 0 aromatic heterocycles. The molecule has 27 heavy (non-hydrogen) atoms. The maximum Gasteiger partial charge on any atom is 0.227 e. The van der Waals surface area contributed by atoms with Crippen LogP contribution in [0, 0.1) is 5.92 Å². The number of nitrogens with two attached hydrogens (primary N) is 1. The molecule has 1 aliphatic heterocycles. The fourth-order valence-electron chi connectivity index (χ4n) is 4.15. The molecular weight excluding hydrogens is 385 g/mol. The van der Waals surface area contributed by atoms with Crippen LogP contribution in [0.2, 0.25) is 5.02 Å². The molecule has 3 rings (SSSR count). The van der Waals surface area contributed by atoms with Gasteiger partial charge in [-0.25, -0.2) is 0 Å². The van der Waals surface area contributed by atoms with E-state index < -0.39 is 0 Å². The summed E-state index contributed by atoms with van der Waals surface area (Å²) in [6, 6.07) is 7.60. The zero-order chi connectivity index (χ0) is 18.7. The molecule has 1 heterocycles. The molecular formula is C20H29Cl2N3O2. The molecule has 2 N–H and O–H groups in total. The maximum absolute atomic E-state index is 12.7. The summed E-state index contributed by atoms with van der Waals surface area (Å²) in [4.78, 5) is 29.0. The largest absolute Gasteiger partial charge is 0.339 e. The molecule has 1 aromatic rings. The number of halogens is 2. The van der Waals surface area contributed by atoms with Gasteiger partial charge in [-0.2, -0.15) is 0 Å². The SMILES string of the molecule is CC1CN(C(=O)C[C@@H]2CCC[C@H]2N)CCN1C(=O)Cc1cccc(Cl)c1.Cl. The molecule has 0 radical (unpaired) electrons. The topological polar surface area (TPSA) is 66.6 Å². The van der Waals surface area contributed by atoms with Gasteiger partial charge in [0.05, 0.1) is 6.42 Å². The summed E-state index contributed by atoms with van der Waals surface area (Å²) in [5.41, 5.74) is 7.02. The van der Waals surface area contributed by atoms with Crippen LogP contribution in [0.15, 0.2) is 24.3 Å². The summed E-state index contributed by atoms with van der Waals surface area (Å²) in [5, 5.41) is 0.642. The lowest BCUT2D eigenvalue weighted by Gasteiger charge is -2.40. The van der Waals surface area contributed by atoms with Crippen molar-refractivity contribution < 1.29 is 9.59 Å². The minimum Gasteiger partial charge on any atom is -0.339 e. The third-order valence-electron chi connectivity index (χ3n) is 5.70. The lowest BCUT2D eigenvalue weighted by molar-refractivity contribution is -0.142. The quantitative estimate of drug-likeness (QED) is 0.824. The Morgan fingerprint density at radius 3 is 2.63 bits per heavy atom. The van der Waals surface area contributed by atoms with E-state index in [4.69, 9.17) is 17.3 Å². The lowest BCUT2D eigenvalue weighted by atomic mass is 9.99. The van der Waals surface area contributed by atoms with Crippen LogP contribution in [0.3, 0.4) is 0 Å². The van der Waals surface area contributed by atoms with Crippen molar-refractivity contribution in [1.82, 2.24) is 9.80 Å². The van der Waals surface area contributed by atoms with Gasteiger partial charge in [0, 0.05) is 43.2 Å². The van der Waals surface area contributed by atoms with E-state index in [-0.39, 0.29) is 36.3 Å². The van der Waals surface area contributed by atoms with E-state index in [9.17, 15) is 9.59 Å². The first-order chi connectivity index (χ1) is 12.4. The highest BCUT2D eigenvalue weighted by molar-refractivity contribution is 6.30. The van der Waals surface area contributed by atoms with E-state index in [1.807, 2.05) is 34.9 Å². The Balaban J connectivity index is 0.00000261. The maximum atomic E-state index is 12.7. The van der Waals surface area contributed by atoms with Gasteiger partial charge in [0.2, 0.25) is 11.8 Å². The molecule has 2 aliphatic rings. The number of piperazine rings is 1. The molecule has 0 bridgehead atoms. The summed E-state index contributed by atoms with van der Waals surface area (Å²) in [5.74, 6) is 0.589. The standard InChI is InChI=1S/C20H28ClN3O2.ClH/c1-14-13-23(19(25)12-16-5-3-7-18(16)22)8-9-24(14)20(26)11-15-4-2-6-17(21)10-15;/h2,4,6,10,14,16,18H,3,5,7-9,11-13,22H2,1H3;1H/t14?,16-,18+;/m0./s1. The van der Waals surface area contributed by atoms with Crippen LogP contribution in [0.25, 0.3) is 0 Å². The Bertz CT molecular complexity index is 670. The first kappa shape index (κ1) is 22.0. The number of hydrogen-bond donors (Lipinski definition) is 1. The van der Waals surface area contributed by atoms with Crippen molar-refractivity contribution in [2.75, 3.05) is 19.6 Å². The summed E-state index contributed by atoms with van der Waals surface area (Å²) in [6.45, 7) is 3.80. The number of benzene rings is 1. The summed E-state index contributed by atoms with van der Waals surface area (Å²) in [6.07, 6.45) is 4.10. The second-order valence-electron chi connectivity index (χ2n) is 7.64. The van der Waals surface area contributed by atoms with E-state index in [2.05, 4.69) is 0 Å². The predicted molar refractivity (Wildman–Crippen MR) is 110 cm³/mol. The van der Waals surface area contributed by atoms with Crippen LogP contribution in [-0.4, -0.2) is 53.3 Å². The molecule has 2 amide bonds. The first-order valence-corrected chi connectivity index (χ1v) is 9.89. The fraction of sp³-hybridized carbons (Fsp3) is 0.600. The summed E-state index contributed by atoms with van der Waals surface area (Å²) >= 11 is 6.00. The Hall–Kier alpha value is -1.30. The average Bonchev–Trinajstić information content (AvgIpc) is 2.99. The Morgan fingerprint density at radius 1 is 1.22 bits per heavy atom. The van der Waals surface area contributed by atoms with E-state index in [0.717, 1.165) is 24.8 Å². The number of carbonyl (C=O) groups is 2. The predicted octanol–water partition coefficient (Wildman–Crippen LogP) is 2.88. The van der Waals surface area contributed by atoms with Gasteiger partial charge in [0.25, 0.3) is 0 Å². The van der Waals surface area contributed by atoms with Crippen molar-refractivity contribution in [2.24, 2.45) is 11.7 Å². The molecule has 5 nitrogen and oxygen atoms in total. The van der Waals surface area contributed by atoms with Gasteiger partial charge in [-0.15, -0.1) is 12.4 Å². The van der Waals surface area contributed by atoms with Gasteiger partial charge in [-0.1, -0.05) is 30.2 Å². The third kappa shape index (κ3) is 5.59. The second-order valence-corrected chi connectivity index (χ2v) is 8.08. The lowest BCUT2D eigenvalue weighted by Crippen LogP contribution is -2.56. The number of nitrogens with zero attached hydrogens (tertiary/aromatic N) is 2. The van der Waals surface area contributed by atoms with Crippen LogP contribution in [0.5, 0.6) is 0 Å². The second kappa shape index (κ2) is 9.76.